The van der Waals surface area contributed by atoms with Crippen LogP contribution in [0.4, 0.5) is 26.3 Å². The predicted molar refractivity (Wildman–Crippen MR) is 116 cm³/mol. The normalized spacial score (nSPS) is 12.1. The first-order valence-corrected chi connectivity index (χ1v) is 10.6. The number of hydrogen-bond acceptors (Lipinski definition) is 3. The highest BCUT2D eigenvalue weighted by molar-refractivity contribution is 5.98. The number of alkyl halides is 3. The summed E-state index contributed by atoms with van der Waals surface area (Å²) < 4.78 is 79.4. The summed E-state index contributed by atoms with van der Waals surface area (Å²) in [6.07, 6.45) is -1.80. The molecule has 0 bridgehead atoms. The first-order chi connectivity index (χ1) is 16.2. The summed E-state index contributed by atoms with van der Waals surface area (Å²) in [6.45, 7) is 2.44. The van der Waals surface area contributed by atoms with Gasteiger partial charge in [-0.1, -0.05) is 12.1 Å². The van der Waals surface area contributed by atoms with Gasteiger partial charge in [-0.15, -0.1) is 0 Å². The van der Waals surface area contributed by atoms with E-state index < -0.39 is 29.3 Å². The third-order valence-electron chi connectivity index (χ3n) is 5.00. The van der Waals surface area contributed by atoms with Crippen LogP contribution in [-0.4, -0.2) is 22.3 Å². The van der Waals surface area contributed by atoms with E-state index in [1.54, 1.807) is 12.1 Å². The summed E-state index contributed by atoms with van der Waals surface area (Å²) in [4.78, 5) is 11.5. The second-order valence-corrected chi connectivity index (χ2v) is 7.48. The van der Waals surface area contributed by atoms with E-state index in [9.17, 15) is 26.3 Å². The predicted octanol–water partition coefficient (Wildman–Crippen LogP) is 5.64. The Morgan fingerprint density at radius 3 is 2.35 bits per heavy atom. The van der Waals surface area contributed by atoms with E-state index in [1.807, 2.05) is 6.92 Å². The van der Waals surface area contributed by atoms with Crippen molar-refractivity contribution in [3.63, 3.8) is 0 Å². The van der Waals surface area contributed by atoms with Crippen LogP contribution in [0.3, 0.4) is 0 Å². The number of aliphatic imine (C=N–C) groups is 1. The van der Waals surface area contributed by atoms with Crippen LogP contribution < -0.4 is 5.32 Å². The van der Waals surface area contributed by atoms with Gasteiger partial charge < -0.3 is 5.32 Å². The maximum absolute atomic E-state index is 14.6. The maximum Gasteiger partial charge on any atom is 0.417 e. The molecule has 34 heavy (non-hydrogen) atoms. The highest BCUT2D eigenvalue weighted by atomic mass is 19.4. The lowest BCUT2D eigenvalue weighted by molar-refractivity contribution is -0.138. The zero-order valence-electron chi connectivity index (χ0n) is 18.3. The van der Waals surface area contributed by atoms with Gasteiger partial charge >= 0.3 is 6.18 Å². The quantitative estimate of drug-likeness (QED) is 0.196. The monoisotopic (exact) mass is 480 g/mol. The molecule has 4 nitrogen and oxygen atoms in total. The number of pyridine rings is 2. The maximum atomic E-state index is 14.6. The average molecular weight is 480 g/mol. The second kappa shape index (κ2) is 11.1. The zero-order chi connectivity index (χ0) is 24.7. The summed E-state index contributed by atoms with van der Waals surface area (Å²) in [5.41, 5.74) is 0.427. The molecule has 0 saturated heterocycles. The molecule has 0 atom stereocenters. The molecule has 0 amide bonds. The highest BCUT2D eigenvalue weighted by Crippen LogP contribution is 2.29. The number of aryl methyl sites for hydroxylation is 2. The highest BCUT2D eigenvalue weighted by Gasteiger charge is 2.31. The molecule has 1 N–H and O–H groups in total. The molecular weight excluding hydrogens is 458 g/mol. The van der Waals surface area contributed by atoms with Crippen LogP contribution in [-0.2, 0) is 25.6 Å². The second-order valence-electron chi connectivity index (χ2n) is 7.48. The molecular formula is C24H22F6N4. The van der Waals surface area contributed by atoms with E-state index in [0.29, 0.717) is 54.2 Å². The summed E-state index contributed by atoms with van der Waals surface area (Å²) in [5.74, 6) is -1.61. The molecule has 2 aromatic heterocycles. The average Bonchev–Trinajstić information content (AvgIpc) is 2.78. The smallest absolute Gasteiger partial charge is 0.366 e. The van der Waals surface area contributed by atoms with Crippen molar-refractivity contribution in [2.45, 2.75) is 38.9 Å². The van der Waals surface area contributed by atoms with Crippen molar-refractivity contribution in [1.82, 2.24) is 15.3 Å². The fourth-order valence-electron chi connectivity index (χ4n) is 3.26. The van der Waals surface area contributed by atoms with Gasteiger partial charge in [-0.2, -0.15) is 17.6 Å². The van der Waals surface area contributed by atoms with Crippen LogP contribution >= 0.6 is 0 Å². The molecule has 180 valence electrons. The fraction of sp³-hybridized carbons (Fsp3) is 0.292. The lowest BCUT2D eigenvalue weighted by atomic mass is 10.0. The van der Waals surface area contributed by atoms with E-state index >= 15 is 0 Å². The largest absolute Gasteiger partial charge is 0.417 e. The number of aromatic nitrogens is 2. The number of nitrogens with one attached hydrogen (secondary N) is 1. The Morgan fingerprint density at radius 1 is 0.941 bits per heavy atom. The molecule has 0 aliphatic carbocycles. The number of hydrogen-bond donors (Lipinski definition) is 1. The van der Waals surface area contributed by atoms with Crippen molar-refractivity contribution < 1.29 is 26.3 Å². The Balaban J connectivity index is 1.57. The van der Waals surface area contributed by atoms with E-state index in [-0.39, 0.29) is 18.7 Å². The first-order valence-electron chi connectivity index (χ1n) is 10.6. The van der Waals surface area contributed by atoms with E-state index in [0.717, 1.165) is 0 Å². The SMILES string of the molecule is CC/N=C(\NCc1ccc(CCCc2ncc(C(F)(F)F)cc2F)cc1F)c1ccc(F)nc1. The number of rotatable bonds is 8. The van der Waals surface area contributed by atoms with E-state index in [4.69, 9.17) is 0 Å². The van der Waals surface area contributed by atoms with E-state index in [2.05, 4.69) is 20.3 Å². The Kier molecular flexibility index (Phi) is 8.25. The van der Waals surface area contributed by atoms with Gasteiger partial charge in [0, 0.05) is 36.6 Å². The lowest BCUT2D eigenvalue weighted by Crippen LogP contribution is -2.25. The van der Waals surface area contributed by atoms with Gasteiger partial charge in [0.2, 0.25) is 5.95 Å². The van der Waals surface area contributed by atoms with E-state index in [1.165, 1.54) is 24.4 Å². The minimum Gasteiger partial charge on any atom is -0.366 e. The first kappa shape index (κ1) is 25.2. The van der Waals surface area contributed by atoms with Gasteiger partial charge in [0.05, 0.1) is 11.3 Å². The standard InChI is InChI=1S/C24H22F6N4/c1-2-31-23(17-8-9-22(27)33-13-17)34-12-16-7-6-15(10-19(16)25)4-3-5-21-20(26)11-18(14-32-21)24(28,29)30/h6-11,13-14H,2-5,12H2,1H3,(H,31,34). The van der Waals surface area contributed by atoms with Crippen LogP contribution in [0.5, 0.6) is 0 Å². The minimum atomic E-state index is -4.65. The van der Waals surface area contributed by atoms with Gasteiger partial charge in [-0.05, 0) is 56.0 Å². The molecule has 3 aromatic rings. The van der Waals surface area contributed by atoms with Crippen molar-refractivity contribution >= 4 is 5.84 Å². The van der Waals surface area contributed by atoms with Crippen LogP contribution in [0.1, 0.15) is 41.3 Å². The van der Waals surface area contributed by atoms with Gasteiger partial charge in [0.15, 0.2) is 0 Å². The molecule has 0 aliphatic heterocycles. The molecule has 0 unspecified atom stereocenters. The Bertz CT molecular complexity index is 1140. The third-order valence-corrected chi connectivity index (χ3v) is 5.00. The molecule has 0 aliphatic rings. The van der Waals surface area contributed by atoms with Crippen molar-refractivity contribution in [3.05, 3.63) is 94.3 Å². The van der Waals surface area contributed by atoms with Crippen molar-refractivity contribution in [2.75, 3.05) is 6.54 Å². The molecule has 3 rings (SSSR count). The Morgan fingerprint density at radius 2 is 1.74 bits per heavy atom. The van der Waals surface area contributed by atoms with Crippen LogP contribution in [0.25, 0.3) is 0 Å². The Labute approximate surface area is 192 Å². The number of halogens is 6. The molecule has 0 fully saturated rings. The number of amidine groups is 1. The Hall–Kier alpha value is -3.43. The molecule has 0 spiro atoms. The summed E-state index contributed by atoms with van der Waals surface area (Å²) in [5, 5.41) is 3.04. The topological polar surface area (TPSA) is 50.2 Å². The molecule has 1 aromatic carbocycles. The number of nitrogens with zero attached hydrogens (tertiary/aromatic N) is 3. The van der Waals surface area contributed by atoms with Gasteiger partial charge in [-0.25, -0.2) is 13.8 Å². The molecule has 0 radical (unpaired) electrons. The number of benzene rings is 1. The van der Waals surface area contributed by atoms with Gasteiger partial charge in [-0.3, -0.25) is 9.98 Å². The van der Waals surface area contributed by atoms with Crippen LogP contribution in [0.2, 0.25) is 0 Å². The zero-order valence-corrected chi connectivity index (χ0v) is 18.3. The molecule has 2 heterocycles. The lowest BCUT2D eigenvalue weighted by Gasteiger charge is -2.12. The molecule has 10 heteroatoms. The van der Waals surface area contributed by atoms with Gasteiger partial charge in [0.25, 0.3) is 0 Å². The summed E-state index contributed by atoms with van der Waals surface area (Å²) >= 11 is 0. The summed E-state index contributed by atoms with van der Waals surface area (Å²) in [6, 6.07) is 7.88. The summed E-state index contributed by atoms with van der Waals surface area (Å²) in [7, 11) is 0. The van der Waals surface area contributed by atoms with Crippen LogP contribution in [0.15, 0.2) is 53.8 Å². The van der Waals surface area contributed by atoms with Gasteiger partial charge in [0.1, 0.15) is 17.5 Å². The molecule has 0 saturated carbocycles. The van der Waals surface area contributed by atoms with Crippen LogP contribution in [0, 0.1) is 17.6 Å². The van der Waals surface area contributed by atoms with Crippen molar-refractivity contribution in [2.24, 2.45) is 4.99 Å². The third kappa shape index (κ3) is 6.79. The van der Waals surface area contributed by atoms with Crippen molar-refractivity contribution in [1.29, 1.82) is 0 Å². The van der Waals surface area contributed by atoms with Crippen molar-refractivity contribution in [3.8, 4) is 0 Å². The minimum absolute atomic E-state index is 0.0627. The fourth-order valence-corrected chi connectivity index (χ4v) is 3.26.